The first-order chi connectivity index (χ1) is 15.7. The highest BCUT2D eigenvalue weighted by Gasteiger charge is 2.35. The smallest absolute Gasteiger partial charge is 0.407 e. The van der Waals surface area contributed by atoms with Gasteiger partial charge in [0.15, 0.2) is 0 Å². The predicted octanol–water partition coefficient (Wildman–Crippen LogP) is 3.38. The third-order valence-electron chi connectivity index (χ3n) is 5.58. The molecule has 3 amide bonds. The number of hydrogen-bond donors (Lipinski definition) is 3. The number of anilines is 1. The Morgan fingerprint density at radius 3 is 2.70 bits per heavy atom. The normalized spacial score (nSPS) is 15.0. The number of benzene rings is 2. The molecule has 2 heterocycles. The van der Waals surface area contributed by atoms with Crippen molar-refractivity contribution in [1.82, 2.24) is 14.8 Å². The number of fused-ring (bicyclic) bond motifs is 3. The molecule has 3 aromatic rings. The van der Waals surface area contributed by atoms with E-state index < -0.39 is 35.4 Å². The van der Waals surface area contributed by atoms with Gasteiger partial charge in [0.05, 0.1) is 23.5 Å². The van der Waals surface area contributed by atoms with Gasteiger partial charge in [-0.2, -0.15) is 5.26 Å². The average Bonchev–Trinajstić information content (AvgIpc) is 2.79. The third kappa shape index (κ3) is 3.94. The Hall–Kier alpha value is -4.46. The number of H-pyrrole nitrogens is 1. The van der Waals surface area contributed by atoms with E-state index in [9.17, 15) is 28.3 Å². The minimum atomic E-state index is -1.24. The van der Waals surface area contributed by atoms with Crippen LogP contribution in [0, 0.1) is 23.0 Å². The number of aromatic nitrogens is 1. The topological polar surface area (TPSA) is 130 Å². The number of nitriles is 1. The van der Waals surface area contributed by atoms with Crippen LogP contribution in [-0.4, -0.2) is 45.6 Å². The van der Waals surface area contributed by atoms with Crippen LogP contribution in [0.2, 0.25) is 0 Å². The van der Waals surface area contributed by atoms with E-state index in [0.29, 0.717) is 16.6 Å². The van der Waals surface area contributed by atoms with Crippen LogP contribution in [0.4, 0.5) is 24.1 Å². The van der Waals surface area contributed by atoms with E-state index >= 15 is 0 Å². The Balaban J connectivity index is 1.76. The monoisotopic (exact) mass is 453 g/mol. The molecule has 0 aliphatic carbocycles. The van der Waals surface area contributed by atoms with Crippen LogP contribution in [0.15, 0.2) is 41.2 Å². The maximum Gasteiger partial charge on any atom is 0.407 e. The summed E-state index contributed by atoms with van der Waals surface area (Å²) in [6.45, 7) is -0.208. The molecule has 9 nitrogen and oxygen atoms in total. The van der Waals surface area contributed by atoms with Gasteiger partial charge in [-0.3, -0.25) is 4.79 Å². The summed E-state index contributed by atoms with van der Waals surface area (Å²) in [5.74, 6) is -1.34. The number of halogens is 2. The standard InChI is InChI=1S/C22H17F2N5O4/c1-28(21(31)26-13-3-5-16(24)11(6-13)8-25)18-10-29(22(32)33)9-17-19(18)14-4-2-12(23)7-15(14)20(30)27-17/h2-7,18H,9-10H2,1H3,(H,26,31)(H,27,30)(H,32,33). The van der Waals surface area contributed by atoms with Crippen LogP contribution in [0.1, 0.15) is 22.9 Å². The predicted molar refractivity (Wildman–Crippen MR) is 114 cm³/mol. The Bertz CT molecular complexity index is 1400. The number of nitrogens with zero attached hydrogens (tertiary/aromatic N) is 3. The molecule has 1 atom stereocenters. The summed E-state index contributed by atoms with van der Waals surface area (Å²) in [4.78, 5) is 42.1. The summed E-state index contributed by atoms with van der Waals surface area (Å²) in [7, 11) is 1.43. The molecule has 0 spiro atoms. The fourth-order valence-electron chi connectivity index (χ4n) is 3.94. The van der Waals surface area contributed by atoms with Crippen molar-refractivity contribution in [3.63, 3.8) is 0 Å². The highest BCUT2D eigenvalue weighted by atomic mass is 19.1. The number of amides is 3. The molecule has 168 valence electrons. The zero-order valence-electron chi connectivity index (χ0n) is 17.2. The molecule has 33 heavy (non-hydrogen) atoms. The molecule has 4 rings (SSSR count). The molecule has 11 heteroatoms. The van der Waals surface area contributed by atoms with E-state index in [2.05, 4.69) is 10.3 Å². The zero-order chi connectivity index (χ0) is 23.9. The molecule has 0 radical (unpaired) electrons. The molecular formula is C22H17F2N5O4. The summed E-state index contributed by atoms with van der Waals surface area (Å²) in [6, 6.07) is 7.40. The summed E-state index contributed by atoms with van der Waals surface area (Å²) >= 11 is 0. The van der Waals surface area contributed by atoms with Gasteiger partial charge < -0.3 is 25.2 Å². The van der Waals surface area contributed by atoms with Crippen LogP contribution in [-0.2, 0) is 6.54 Å². The molecule has 2 aromatic carbocycles. The first-order valence-corrected chi connectivity index (χ1v) is 9.75. The fourth-order valence-corrected chi connectivity index (χ4v) is 3.94. The Kier molecular flexibility index (Phi) is 5.43. The SMILES string of the molecule is CN(C(=O)Nc1ccc(F)c(C#N)c1)C1CN(C(=O)O)Cc2[nH]c(=O)c3cc(F)ccc3c21. The van der Waals surface area contributed by atoms with E-state index in [1.54, 1.807) is 6.07 Å². The van der Waals surface area contributed by atoms with Gasteiger partial charge in [0.2, 0.25) is 0 Å². The minimum Gasteiger partial charge on any atom is -0.465 e. The second-order valence-electron chi connectivity index (χ2n) is 7.56. The number of pyridine rings is 1. The van der Waals surface area contributed by atoms with Crippen molar-refractivity contribution in [2.24, 2.45) is 0 Å². The largest absolute Gasteiger partial charge is 0.465 e. The second kappa shape index (κ2) is 8.23. The van der Waals surface area contributed by atoms with Gasteiger partial charge in [0.1, 0.15) is 17.7 Å². The summed E-state index contributed by atoms with van der Waals surface area (Å²) in [6.07, 6.45) is -1.24. The van der Waals surface area contributed by atoms with Crippen molar-refractivity contribution in [2.75, 3.05) is 18.9 Å². The Morgan fingerprint density at radius 1 is 1.24 bits per heavy atom. The summed E-state index contributed by atoms with van der Waals surface area (Å²) in [5.41, 5.74) is 0.143. The molecule has 3 N–H and O–H groups in total. The number of hydrogen-bond acceptors (Lipinski definition) is 4. The number of likely N-dealkylation sites (N-methyl/N-ethyl adjacent to an activating group) is 1. The quantitative estimate of drug-likeness (QED) is 0.548. The van der Waals surface area contributed by atoms with Crippen LogP contribution in [0.25, 0.3) is 10.8 Å². The van der Waals surface area contributed by atoms with Gasteiger partial charge in [-0.05, 0) is 35.7 Å². The van der Waals surface area contributed by atoms with Crippen LogP contribution >= 0.6 is 0 Å². The van der Waals surface area contributed by atoms with Gasteiger partial charge in [0, 0.05) is 30.5 Å². The number of carbonyl (C=O) groups is 2. The molecule has 0 saturated carbocycles. The number of urea groups is 1. The first-order valence-electron chi connectivity index (χ1n) is 9.75. The Labute approximate surface area is 185 Å². The lowest BCUT2D eigenvalue weighted by molar-refractivity contribution is 0.115. The molecule has 0 saturated heterocycles. The van der Waals surface area contributed by atoms with Gasteiger partial charge in [0.25, 0.3) is 5.56 Å². The van der Waals surface area contributed by atoms with Gasteiger partial charge in [-0.1, -0.05) is 6.07 Å². The third-order valence-corrected chi connectivity index (χ3v) is 5.58. The van der Waals surface area contributed by atoms with Crippen molar-refractivity contribution in [3.8, 4) is 6.07 Å². The van der Waals surface area contributed by atoms with Crippen molar-refractivity contribution >= 4 is 28.6 Å². The van der Waals surface area contributed by atoms with E-state index in [4.69, 9.17) is 5.26 Å². The number of carbonyl (C=O) groups excluding carboxylic acids is 1. The summed E-state index contributed by atoms with van der Waals surface area (Å²) < 4.78 is 27.4. The van der Waals surface area contributed by atoms with Crippen LogP contribution in [0.3, 0.4) is 0 Å². The van der Waals surface area contributed by atoms with Gasteiger partial charge in [-0.15, -0.1) is 0 Å². The lowest BCUT2D eigenvalue weighted by Gasteiger charge is -2.38. The Morgan fingerprint density at radius 2 is 2.00 bits per heavy atom. The highest BCUT2D eigenvalue weighted by molar-refractivity contribution is 5.91. The van der Waals surface area contributed by atoms with E-state index in [-0.39, 0.29) is 29.7 Å². The number of rotatable bonds is 2. The maximum atomic E-state index is 13.8. The van der Waals surface area contributed by atoms with Crippen molar-refractivity contribution in [3.05, 3.63) is 75.2 Å². The zero-order valence-corrected chi connectivity index (χ0v) is 17.2. The molecule has 0 bridgehead atoms. The van der Waals surface area contributed by atoms with Crippen LogP contribution < -0.4 is 10.9 Å². The maximum absolute atomic E-state index is 13.8. The van der Waals surface area contributed by atoms with Gasteiger partial charge >= 0.3 is 12.1 Å². The molecule has 1 unspecified atom stereocenters. The molecule has 1 aliphatic rings. The lowest BCUT2D eigenvalue weighted by Crippen LogP contribution is -2.46. The van der Waals surface area contributed by atoms with E-state index in [1.165, 1.54) is 36.2 Å². The fraction of sp³-hybridized carbons (Fsp3) is 0.182. The minimum absolute atomic E-state index is 0.0773. The van der Waals surface area contributed by atoms with Crippen molar-refractivity contribution < 1.29 is 23.5 Å². The number of carboxylic acid groups (broad SMARTS) is 1. The van der Waals surface area contributed by atoms with Crippen molar-refractivity contribution in [2.45, 2.75) is 12.6 Å². The summed E-state index contributed by atoms with van der Waals surface area (Å²) in [5, 5.41) is 21.6. The average molecular weight is 453 g/mol. The molecule has 0 fully saturated rings. The van der Waals surface area contributed by atoms with Crippen LogP contribution in [0.5, 0.6) is 0 Å². The number of nitrogens with one attached hydrogen (secondary N) is 2. The second-order valence-corrected chi connectivity index (χ2v) is 7.56. The first kappa shape index (κ1) is 21.8. The number of aromatic amines is 1. The molecular weight excluding hydrogens is 436 g/mol. The van der Waals surface area contributed by atoms with E-state index in [1.807, 2.05) is 0 Å². The van der Waals surface area contributed by atoms with Crippen molar-refractivity contribution in [1.29, 1.82) is 5.26 Å². The lowest BCUT2D eigenvalue weighted by atomic mass is 9.93. The van der Waals surface area contributed by atoms with E-state index in [0.717, 1.165) is 17.0 Å². The molecule has 1 aliphatic heterocycles. The highest BCUT2D eigenvalue weighted by Crippen LogP contribution is 2.34. The van der Waals surface area contributed by atoms with Gasteiger partial charge in [-0.25, -0.2) is 18.4 Å². The molecule has 1 aromatic heterocycles.